The molecule has 0 aliphatic carbocycles. The van der Waals surface area contributed by atoms with Gasteiger partial charge in [-0.25, -0.2) is 0 Å². The van der Waals surface area contributed by atoms with E-state index in [4.69, 9.17) is 4.74 Å². The lowest BCUT2D eigenvalue weighted by Crippen LogP contribution is -2.09. The number of rotatable bonds is 6. The number of allylic oxidation sites excluding steroid dienone is 1. The monoisotopic (exact) mass is 558 g/mol. The Morgan fingerprint density at radius 1 is 0.727 bits per heavy atom. The number of hydrogen-bond donors (Lipinski definition) is 0. The van der Waals surface area contributed by atoms with E-state index < -0.39 is 0 Å². The van der Waals surface area contributed by atoms with E-state index in [0.29, 0.717) is 5.57 Å². The number of halogens is 2. The van der Waals surface area contributed by atoms with Crippen LogP contribution in [-0.2, 0) is 0 Å². The van der Waals surface area contributed by atoms with Gasteiger partial charge in [-0.15, -0.1) is 0 Å². The van der Waals surface area contributed by atoms with E-state index >= 15 is 0 Å². The number of benzene rings is 4. The quantitative estimate of drug-likeness (QED) is 0.175. The summed E-state index contributed by atoms with van der Waals surface area (Å²) in [6, 6.07) is 34.5. The van der Waals surface area contributed by atoms with E-state index in [1.165, 1.54) is 0 Å². The van der Waals surface area contributed by atoms with Crippen molar-refractivity contribution in [2.45, 2.75) is 0 Å². The highest BCUT2D eigenvalue weighted by atomic mass is 79.9. The van der Waals surface area contributed by atoms with E-state index in [1.807, 2.05) is 66.7 Å². The molecule has 5 heteroatoms. The van der Waals surface area contributed by atoms with Crippen molar-refractivity contribution in [3.8, 4) is 11.8 Å². The summed E-state index contributed by atoms with van der Waals surface area (Å²) < 4.78 is 7.28. The molecule has 0 aliphatic heterocycles. The smallest absolute Gasteiger partial charge is 0.118 e. The predicted molar refractivity (Wildman–Crippen MR) is 143 cm³/mol. The Hall–Kier alpha value is -3.33. The SMILES string of the molecule is COc1ccc(C(C#N)=Cc2ccc(N(c3ccc(Br)cc3)c3ccc(Br)cc3)cc2)cc1. The molecule has 0 heterocycles. The molecular formula is C28H20Br2N2O. The maximum absolute atomic E-state index is 9.69. The van der Waals surface area contributed by atoms with Crippen molar-refractivity contribution >= 4 is 60.6 Å². The number of nitrogens with zero attached hydrogens (tertiary/aromatic N) is 2. The summed E-state index contributed by atoms with van der Waals surface area (Å²) in [6.07, 6.45) is 1.90. The molecule has 0 radical (unpaired) electrons. The normalized spacial score (nSPS) is 11.0. The Morgan fingerprint density at radius 2 is 1.18 bits per heavy atom. The van der Waals surface area contributed by atoms with E-state index in [-0.39, 0.29) is 0 Å². The number of nitriles is 1. The minimum atomic E-state index is 0.600. The van der Waals surface area contributed by atoms with Crippen LogP contribution in [0.3, 0.4) is 0 Å². The van der Waals surface area contributed by atoms with Gasteiger partial charge in [0.05, 0.1) is 18.8 Å². The number of methoxy groups -OCH3 is 1. The van der Waals surface area contributed by atoms with Gasteiger partial charge < -0.3 is 9.64 Å². The van der Waals surface area contributed by atoms with Crippen LogP contribution in [-0.4, -0.2) is 7.11 Å². The van der Waals surface area contributed by atoms with Crippen molar-refractivity contribution in [3.63, 3.8) is 0 Å². The molecule has 0 atom stereocenters. The van der Waals surface area contributed by atoms with Crippen LogP contribution in [0.2, 0.25) is 0 Å². The summed E-state index contributed by atoms with van der Waals surface area (Å²) in [4.78, 5) is 2.20. The fourth-order valence-electron chi connectivity index (χ4n) is 3.46. The minimum absolute atomic E-state index is 0.600. The molecule has 0 aliphatic rings. The first-order valence-electron chi connectivity index (χ1n) is 10.2. The highest BCUT2D eigenvalue weighted by Gasteiger charge is 2.12. The van der Waals surface area contributed by atoms with E-state index in [2.05, 4.69) is 79.2 Å². The Labute approximate surface area is 210 Å². The molecule has 33 heavy (non-hydrogen) atoms. The predicted octanol–water partition coefficient (Wildman–Crippen LogP) is 8.75. The fraction of sp³-hybridized carbons (Fsp3) is 0.0357. The molecule has 0 aromatic heterocycles. The van der Waals surface area contributed by atoms with Crippen LogP contribution in [0, 0.1) is 11.3 Å². The highest BCUT2D eigenvalue weighted by Crippen LogP contribution is 2.36. The lowest BCUT2D eigenvalue weighted by Gasteiger charge is -2.25. The molecule has 162 valence electrons. The zero-order chi connectivity index (χ0) is 23.2. The third-order valence-corrected chi connectivity index (χ3v) is 6.21. The summed E-state index contributed by atoms with van der Waals surface area (Å²) in [7, 11) is 1.63. The molecule has 0 saturated carbocycles. The van der Waals surface area contributed by atoms with E-state index in [0.717, 1.165) is 42.9 Å². The van der Waals surface area contributed by atoms with Gasteiger partial charge >= 0.3 is 0 Å². The van der Waals surface area contributed by atoms with Crippen LogP contribution in [0.4, 0.5) is 17.1 Å². The minimum Gasteiger partial charge on any atom is -0.497 e. The van der Waals surface area contributed by atoms with Gasteiger partial charge in [0, 0.05) is 26.0 Å². The average Bonchev–Trinajstić information content (AvgIpc) is 2.86. The molecule has 3 nitrogen and oxygen atoms in total. The van der Waals surface area contributed by atoms with Crippen LogP contribution < -0.4 is 9.64 Å². The number of ether oxygens (including phenoxy) is 1. The van der Waals surface area contributed by atoms with Gasteiger partial charge in [-0.1, -0.05) is 44.0 Å². The summed E-state index contributed by atoms with van der Waals surface area (Å²) in [6.45, 7) is 0. The van der Waals surface area contributed by atoms with Crippen molar-refractivity contribution in [2.75, 3.05) is 12.0 Å². The van der Waals surface area contributed by atoms with Crippen LogP contribution >= 0.6 is 31.9 Å². The Kier molecular flexibility index (Phi) is 7.29. The van der Waals surface area contributed by atoms with Gasteiger partial charge in [0.2, 0.25) is 0 Å². The first-order chi connectivity index (χ1) is 16.1. The standard InChI is InChI=1S/C28H20Br2N2O/c1-33-28-16-4-21(5-17-28)22(19-31)18-20-2-10-25(11-3-20)32(26-12-6-23(29)7-13-26)27-14-8-24(30)9-15-27/h2-18H,1H3. The molecule has 4 aromatic carbocycles. The van der Waals surface area contributed by atoms with Gasteiger partial charge in [-0.2, -0.15) is 5.26 Å². The third kappa shape index (κ3) is 5.54. The lowest BCUT2D eigenvalue weighted by atomic mass is 10.0. The Bertz CT molecular complexity index is 1240. The summed E-state index contributed by atoms with van der Waals surface area (Å²) in [5.74, 6) is 0.765. The molecule has 4 rings (SSSR count). The number of anilines is 3. The van der Waals surface area contributed by atoms with Gasteiger partial charge in [0.15, 0.2) is 0 Å². The average molecular weight is 560 g/mol. The molecule has 0 bridgehead atoms. The van der Waals surface area contributed by atoms with Gasteiger partial charge in [0.25, 0.3) is 0 Å². The molecule has 0 fully saturated rings. The highest BCUT2D eigenvalue weighted by molar-refractivity contribution is 9.10. The largest absolute Gasteiger partial charge is 0.497 e. The number of hydrogen-bond acceptors (Lipinski definition) is 3. The maximum Gasteiger partial charge on any atom is 0.118 e. The Morgan fingerprint density at radius 3 is 1.61 bits per heavy atom. The lowest BCUT2D eigenvalue weighted by molar-refractivity contribution is 0.415. The zero-order valence-corrected chi connectivity index (χ0v) is 21.0. The van der Waals surface area contributed by atoms with Gasteiger partial charge in [-0.05, 0) is 102 Å². The molecule has 0 saturated heterocycles. The van der Waals surface area contributed by atoms with E-state index in [9.17, 15) is 5.26 Å². The second-order valence-corrected chi connectivity index (χ2v) is 9.11. The van der Waals surface area contributed by atoms with Crippen molar-refractivity contribution in [3.05, 3.63) is 117 Å². The molecule has 4 aromatic rings. The van der Waals surface area contributed by atoms with Crippen molar-refractivity contribution < 1.29 is 4.74 Å². The molecule has 0 N–H and O–H groups in total. The second-order valence-electron chi connectivity index (χ2n) is 7.28. The summed E-state index contributed by atoms with van der Waals surface area (Å²) >= 11 is 7.04. The maximum atomic E-state index is 9.69. The topological polar surface area (TPSA) is 36.3 Å². The molecule has 0 amide bonds. The van der Waals surface area contributed by atoms with Crippen molar-refractivity contribution in [2.24, 2.45) is 0 Å². The van der Waals surface area contributed by atoms with Crippen molar-refractivity contribution in [1.82, 2.24) is 0 Å². The Balaban J connectivity index is 1.68. The van der Waals surface area contributed by atoms with Crippen LogP contribution in [0.5, 0.6) is 5.75 Å². The van der Waals surface area contributed by atoms with Gasteiger partial charge in [-0.3, -0.25) is 0 Å². The zero-order valence-electron chi connectivity index (χ0n) is 17.9. The first-order valence-corrected chi connectivity index (χ1v) is 11.8. The second kappa shape index (κ2) is 10.5. The van der Waals surface area contributed by atoms with Crippen LogP contribution in [0.15, 0.2) is 106 Å². The molecule has 0 unspecified atom stereocenters. The summed E-state index contributed by atoms with van der Waals surface area (Å²) in [5, 5.41) is 9.69. The van der Waals surface area contributed by atoms with Gasteiger partial charge in [0.1, 0.15) is 5.75 Å². The van der Waals surface area contributed by atoms with Crippen LogP contribution in [0.25, 0.3) is 11.6 Å². The van der Waals surface area contributed by atoms with E-state index in [1.54, 1.807) is 7.11 Å². The third-order valence-electron chi connectivity index (χ3n) is 5.15. The first kappa shape index (κ1) is 22.8. The summed E-state index contributed by atoms with van der Waals surface area (Å²) in [5.41, 5.74) is 5.55. The molecular weight excluding hydrogens is 540 g/mol. The van der Waals surface area contributed by atoms with Crippen LogP contribution in [0.1, 0.15) is 11.1 Å². The fourth-order valence-corrected chi connectivity index (χ4v) is 3.99. The van der Waals surface area contributed by atoms with Crippen molar-refractivity contribution in [1.29, 1.82) is 5.26 Å². The molecule has 0 spiro atoms.